The van der Waals surface area contributed by atoms with E-state index in [2.05, 4.69) is 0 Å². The van der Waals surface area contributed by atoms with Gasteiger partial charge in [0.1, 0.15) is 29.9 Å². The van der Waals surface area contributed by atoms with Gasteiger partial charge in [-0.15, -0.1) is 0 Å². The van der Waals surface area contributed by atoms with Crippen LogP contribution in [0.4, 0.5) is 4.39 Å². The molecule has 0 spiro atoms. The number of fused-ring (bicyclic) bond motifs is 1. The highest BCUT2D eigenvalue weighted by atomic mass is 19.1. The number of halogens is 1. The average molecular weight is 394 g/mol. The van der Waals surface area contributed by atoms with E-state index in [1.54, 1.807) is 18.2 Å². The number of carboxylic acids is 1. The van der Waals surface area contributed by atoms with E-state index < -0.39 is 23.5 Å². The molecule has 0 saturated carbocycles. The molecule has 3 aromatic carbocycles. The molecule has 0 aromatic heterocycles. The predicted molar refractivity (Wildman–Crippen MR) is 104 cm³/mol. The monoisotopic (exact) mass is 394 g/mol. The normalized spacial score (nSPS) is 20.6. The smallest absolute Gasteiger partial charge is 0.336 e. The Labute approximate surface area is 166 Å². The molecular weight excluding hydrogens is 375 g/mol. The van der Waals surface area contributed by atoms with E-state index in [0.717, 1.165) is 17.7 Å². The Balaban J connectivity index is 1.69. The second-order valence-corrected chi connectivity index (χ2v) is 7.20. The molecule has 1 aliphatic heterocycles. The lowest BCUT2D eigenvalue weighted by molar-refractivity contribution is -0.114. The third-order valence-corrected chi connectivity index (χ3v) is 5.17. The van der Waals surface area contributed by atoms with Gasteiger partial charge in [0.25, 0.3) is 0 Å². The maximum atomic E-state index is 13.7. The summed E-state index contributed by atoms with van der Waals surface area (Å²) in [6.45, 7) is -0.131. The zero-order valence-corrected chi connectivity index (χ0v) is 15.4. The summed E-state index contributed by atoms with van der Waals surface area (Å²) >= 11 is 0. The number of hydrogen-bond acceptors (Lipinski definition) is 4. The van der Waals surface area contributed by atoms with Gasteiger partial charge in [0.15, 0.2) is 0 Å². The second kappa shape index (κ2) is 7.31. The fourth-order valence-electron chi connectivity index (χ4n) is 3.66. The highest BCUT2D eigenvalue weighted by molar-refractivity contribution is 5.96. The van der Waals surface area contributed by atoms with E-state index in [1.165, 1.54) is 6.07 Å². The van der Waals surface area contributed by atoms with Crippen LogP contribution in [0.25, 0.3) is 11.1 Å². The number of carboxylic acid groups (broad SMARTS) is 1. The summed E-state index contributed by atoms with van der Waals surface area (Å²) < 4.78 is 19.4. The maximum Gasteiger partial charge on any atom is 0.336 e. The number of rotatable bonds is 4. The van der Waals surface area contributed by atoms with Crippen LogP contribution in [0.3, 0.4) is 0 Å². The van der Waals surface area contributed by atoms with Crippen LogP contribution in [-0.2, 0) is 6.42 Å². The van der Waals surface area contributed by atoms with Gasteiger partial charge in [-0.1, -0.05) is 42.5 Å². The number of hydrogen-bond donors (Lipinski definition) is 3. The van der Waals surface area contributed by atoms with Crippen LogP contribution in [-0.4, -0.2) is 33.5 Å². The van der Waals surface area contributed by atoms with E-state index in [9.17, 15) is 24.5 Å². The number of aromatic carboxylic acids is 1. The molecule has 2 atom stereocenters. The van der Waals surface area contributed by atoms with Crippen molar-refractivity contribution in [1.82, 2.24) is 0 Å². The molecule has 148 valence electrons. The lowest BCUT2D eigenvalue weighted by Gasteiger charge is -2.38. The molecule has 0 fully saturated rings. The number of ether oxygens (including phenoxy) is 1. The molecular formula is C23H19FO5. The maximum absolute atomic E-state index is 13.7. The van der Waals surface area contributed by atoms with E-state index in [0.29, 0.717) is 16.9 Å². The van der Waals surface area contributed by atoms with E-state index in [4.69, 9.17) is 4.74 Å². The summed E-state index contributed by atoms with van der Waals surface area (Å²) in [7, 11) is 0. The Morgan fingerprint density at radius 3 is 2.59 bits per heavy atom. The number of aliphatic hydroxyl groups excluding tert-OH is 1. The Morgan fingerprint density at radius 1 is 1.10 bits per heavy atom. The topological polar surface area (TPSA) is 87.0 Å². The minimum atomic E-state index is -1.50. The molecule has 0 unspecified atom stereocenters. The minimum Gasteiger partial charge on any atom is -0.490 e. The number of aliphatic hydroxyl groups is 2. The van der Waals surface area contributed by atoms with Crippen LogP contribution in [0.1, 0.15) is 27.6 Å². The van der Waals surface area contributed by atoms with Gasteiger partial charge in [0.2, 0.25) is 0 Å². The first-order chi connectivity index (χ1) is 13.9. The molecule has 6 heteroatoms. The average Bonchev–Trinajstić information content (AvgIpc) is 2.71. The van der Waals surface area contributed by atoms with Crippen LogP contribution in [0, 0.1) is 5.82 Å². The largest absolute Gasteiger partial charge is 0.490 e. The standard InChI is InChI=1S/C23H19FO5/c24-16-7-9-17(22(26)27)19(11-16)15-6-8-18-20(10-15)29-13-23(28,21(18)25)12-14-4-2-1-3-5-14/h1-11,21,25,28H,12-13H2,(H,26,27)/t21-,23-/m0/s1. The van der Waals surface area contributed by atoms with E-state index >= 15 is 0 Å². The van der Waals surface area contributed by atoms with Crippen molar-refractivity contribution in [2.24, 2.45) is 0 Å². The number of benzene rings is 3. The van der Waals surface area contributed by atoms with E-state index in [-0.39, 0.29) is 24.2 Å². The van der Waals surface area contributed by atoms with Gasteiger partial charge in [-0.05, 0) is 41.0 Å². The van der Waals surface area contributed by atoms with Crippen molar-refractivity contribution >= 4 is 5.97 Å². The fourth-order valence-corrected chi connectivity index (χ4v) is 3.66. The first kappa shape index (κ1) is 19.1. The van der Waals surface area contributed by atoms with Crippen LogP contribution < -0.4 is 4.74 Å². The third-order valence-electron chi connectivity index (χ3n) is 5.17. The molecule has 0 radical (unpaired) electrons. The SMILES string of the molecule is O=C(O)c1ccc(F)cc1-c1ccc2c(c1)OC[C@@](O)(Cc1ccccc1)[C@H]2O. The van der Waals surface area contributed by atoms with Crippen molar-refractivity contribution in [2.75, 3.05) is 6.61 Å². The molecule has 1 heterocycles. The van der Waals surface area contributed by atoms with Crippen molar-refractivity contribution in [1.29, 1.82) is 0 Å². The minimum absolute atomic E-state index is 0.0386. The quantitative estimate of drug-likeness (QED) is 0.630. The summed E-state index contributed by atoms with van der Waals surface area (Å²) in [5.74, 6) is -1.40. The Bertz CT molecular complexity index is 1070. The van der Waals surface area contributed by atoms with Crippen molar-refractivity contribution in [2.45, 2.75) is 18.1 Å². The van der Waals surface area contributed by atoms with Gasteiger partial charge in [-0.25, -0.2) is 9.18 Å². The molecule has 4 rings (SSSR count). The Kier molecular flexibility index (Phi) is 4.82. The van der Waals surface area contributed by atoms with Crippen molar-refractivity contribution in [3.8, 4) is 16.9 Å². The third kappa shape index (κ3) is 3.60. The highest BCUT2D eigenvalue weighted by Gasteiger charge is 2.42. The lowest BCUT2D eigenvalue weighted by Crippen LogP contribution is -2.47. The molecule has 5 nitrogen and oxygen atoms in total. The van der Waals surface area contributed by atoms with Gasteiger partial charge in [0, 0.05) is 12.0 Å². The summed E-state index contributed by atoms with van der Waals surface area (Å²) in [5, 5.41) is 31.2. The number of carbonyl (C=O) groups is 1. The highest BCUT2D eigenvalue weighted by Crippen LogP contribution is 2.41. The van der Waals surface area contributed by atoms with Crippen molar-refractivity contribution in [3.05, 3.63) is 89.2 Å². The molecule has 0 saturated heterocycles. The first-order valence-electron chi connectivity index (χ1n) is 9.12. The van der Waals surface area contributed by atoms with Gasteiger partial charge in [-0.3, -0.25) is 0 Å². The molecule has 29 heavy (non-hydrogen) atoms. The van der Waals surface area contributed by atoms with Gasteiger partial charge in [0.05, 0.1) is 5.56 Å². The Hall–Kier alpha value is -3.22. The molecule has 1 aliphatic rings. The summed E-state index contributed by atoms with van der Waals surface area (Å²) in [4.78, 5) is 11.5. The van der Waals surface area contributed by atoms with Crippen LogP contribution in [0.15, 0.2) is 66.7 Å². The fraction of sp³-hybridized carbons (Fsp3) is 0.174. The van der Waals surface area contributed by atoms with Crippen LogP contribution >= 0.6 is 0 Å². The Morgan fingerprint density at radius 2 is 1.86 bits per heavy atom. The zero-order valence-electron chi connectivity index (χ0n) is 15.4. The van der Waals surface area contributed by atoms with Gasteiger partial charge in [-0.2, -0.15) is 0 Å². The summed E-state index contributed by atoms with van der Waals surface area (Å²) in [5.41, 5.74) is 0.379. The predicted octanol–water partition coefficient (Wildman–Crippen LogP) is 3.59. The first-order valence-corrected chi connectivity index (χ1v) is 9.12. The summed E-state index contributed by atoms with van der Waals surface area (Å²) in [6.07, 6.45) is -0.976. The van der Waals surface area contributed by atoms with Gasteiger partial charge >= 0.3 is 5.97 Å². The summed E-state index contributed by atoms with van der Waals surface area (Å²) in [6, 6.07) is 17.5. The lowest BCUT2D eigenvalue weighted by atomic mass is 9.83. The molecule has 3 N–H and O–H groups in total. The van der Waals surface area contributed by atoms with Gasteiger partial charge < -0.3 is 20.1 Å². The molecule has 3 aromatic rings. The van der Waals surface area contributed by atoms with Crippen molar-refractivity contribution < 1.29 is 29.2 Å². The molecule has 0 amide bonds. The second-order valence-electron chi connectivity index (χ2n) is 7.20. The zero-order chi connectivity index (χ0) is 20.6. The van der Waals surface area contributed by atoms with Crippen molar-refractivity contribution in [3.63, 3.8) is 0 Å². The van der Waals surface area contributed by atoms with E-state index in [1.807, 2.05) is 30.3 Å². The van der Waals surface area contributed by atoms with Crippen LogP contribution in [0.2, 0.25) is 0 Å². The van der Waals surface area contributed by atoms with Crippen LogP contribution in [0.5, 0.6) is 5.75 Å². The molecule has 0 aliphatic carbocycles. The molecule has 0 bridgehead atoms.